The molecule has 0 fully saturated rings. The zero-order valence-electron chi connectivity index (χ0n) is 13.9. The Hall–Kier alpha value is -3.52. The fourth-order valence-electron chi connectivity index (χ4n) is 2.19. The first-order chi connectivity index (χ1) is 13.0. The van der Waals surface area contributed by atoms with Gasteiger partial charge in [-0.15, -0.1) is 0 Å². The second-order valence-electron chi connectivity index (χ2n) is 5.40. The fourth-order valence-corrected chi connectivity index (χ4v) is 3.04. The van der Waals surface area contributed by atoms with Gasteiger partial charge >= 0.3 is 5.97 Å². The molecule has 3 aromatic carbocycles. The van der Waals surface area contributed by atoms with E-state index < -0.39 is 21.9 Å². The van der Waals surface area contributed by atoms with Crippen LogP contribution in [0.5, 0.6) is 5.75 Å². The number of nitrogens with one attached hydrogen (secondary N) is 1. The molecular weight excluding hydrogens is 368 g/mol. The minimum Gasteiger partial charge on any atom is -0.423 e. The number of anilines is 1. The molecule has 0 amide bonds. The Bertz CT molecular complexity index is 973. The summed E-state index contributed by atoms with van der Waals surface area (Å²) < 4.78 is 20.3. The lowest BCUT2D eigenvalue weighted by molar-refractivity contribution is -0.384. The number of nitro benzene ring substituents is 1. The van der Waals surface area contributed by atoms with Crippen molar-refractivity contribution in [3.63, 3.8) is 0 Å². The van der Waals surface area contributed by atoms with Crippen molar-refractivity contribution in [2.45, 2.75) is 4.90 Å². The van der Waals surface area contributed by atoms with Gasteiger partial charge in [0.05, 0.1) is 15.4 Å². The largest absolute Gasteiger partial charge is 0.423 e. The van der Waals surface area contributed by atoms with Gasteiger partial charge in [0.25, 0.3) is 5.69 Å². The molecule has 0 aliphatic heterocycles. The van der Waals surface area contributed by atoms with Crippen molar-refractivity contribution in [2.75, 3.05) is 4.72 Å². The fraction of sp³-hybridized carbons (Fsp3) is 0. The molecule has 3 rings (SSSR count). The van der Waals surface area contributed by atoms with Crippen LogP contribution in [-0.4, -0.2) is 15.1 Å². The third-order valence-electron chi connectivity index (χ3n) is 3.55. The van der Waals surface area contributed by atoms with E-state index in [0.717, 1.165) is 5.69 Å². The van der Waals surface area contributed by atoms with Crippen molar-refractivity contribution in [3.05, 3.63) is 94.5 Å². The average molecular weight is 382 g/mol. The van der Waals surface area contributed by atoms with Crippen LogP contribution in [0.25, 0.3) is 0 Å². The van der Waals surface area contributed by atoms with E-state index in [9.17, 15) is 19.1 Å². The predicted octanol–water partition coefficient (Wildman–Crippen LogP) is 3.95. The molecule has 0 aliphatic rings. The number of hydrogen-bond acceptors (Lipinski definition) is 5. The summed E-state index contributed by atoms with van der Waals surface area (Å²) in [6.45, 7) is 0. The molecule has 136 valence electrons. The Morgan fingerprint density at radius 2 is 1.56 bits per heavy atom. The number of esters is 1. The van der Waals surface area contributed by atoms with Gasteiger partial charge in [-0.1, -0.05) is 18.2 Å². The first-order valence-electron chi connectivity index (χ1n) is 7.83. The number of benzene rings is 3. The Kier molecular flexibility index (Phi) is 5.58. The van der Waals surface area contributed by atoms with Crippen LogP contribution in [0.2, 0.25) is 0 Å². The van der Waals surface area contributed by atoms with E-state index in [4.69, 9.17) is 4.74 Å². The van der Waals surface area contributed by atoms with E-state index in [0.29, 0.717) is 4.90 Å². The molecule has 0 radical (unpaired) electrons. The number of carbonyl (C=O) groups excluding carboxylic acids is 1. The molecule has 0 aromatic heterocycles. The van der Waals surface area contributed by atoms with Crippen LogP contribution >= 0.6 is 0 Å². The first kappa shape index (κ1) is 18.3. The summed E-state index contributed by atoms with van der Waals surface area (Å²) in [6, 6.07) is 20.5. The van der Waals surface area contributed by atoms with E-state index in [1.165, 1.54) is 36.4 Å². The highest BCUT2D eigenvalue weighted by Crippen LogP contribution is 2.19. The van der Waals surface area contributed by atoms with Gasteiger partial charge in [-0.3, -0.25) is 10.1 Å². The number of nitro groups is 1. The van der Waals surface area contributed by atoms with Gasteiger partial charge in [0.1, 0.15) is 16.7 Å². The van der Waals surface area contributed by atoms with Gasteiger partial charge in [0.2, 0.25) is 0 Å². The number of rotatable bonds is 6. The van der Waals surface area contributed by atoms with Gasteiger partial charge in [-0.25, -0.2) is 9.00 Å². The summed E-state index contributed by atoms with van der Waals surface area (Å²) in [4.78, 5) is 22.8. The lowest BCUT2D eigenvalue weighted by Crippen LogP contribution is -2.09. The Balaban J connectivity index is 1.64. The Morgan fingerprint density at radius 3 is 2.15 bits per heavy atom. The smallest absolute Gasteiger partial charge is 0.343 e. The van der Waals surface area contributed by atoms with E-state index in [2.05, 4.69) is 4.72 Å². The maximum Gasteiger partial charge on any atom is 0.343 e. The van der Waals surface area contributed by atoms with Crippen LogP contribution in [0.3, 0.4) is 0 Å². The molecule has 0 spiro atoms. The zero-order chi connectivity index (χ0) is 19.2. The number of ether oxygens (including phenoxy) is 1. The van der Waals surface area contributed by atoms with E-state index in [1.807, 2.05) is 18.2 Å². The van der Waals surface area contributed by atoms with Crippen molar-refractivity contribution >= 4 is 28.3 Å². The average Bonchev–Trinajstić information content (AvgIpc) is 2.69. The first-order valence-corrected chi connectivity index (χ1v) is 8.98. The quantitative estimate of drug-likeness (QED) is 0.301. The van der Waals surface area contributed by atoms with Crippen LogP contribution < -0.4 is 9.46 Å². The summed E-state index contributed by atoms with van der Waals surface area (Å²) in [5.74, 6) is -0.416. The molecular formula is C19H14N2O5S. The highest BCUT2D eigenvalue weighted by atomic mass is 32.2. The van der Waals surface area contributed by atoms with Crippen LogP contribution in [0.15, 0.2) is 83.8 Å². The molecule has 1 unspecified atom stereocenters. The molecule has 8 heteroatoms. The van der Waals surface area contributed by atoms with E-state index in [-0.39, 0.29) is 17.0 Å². The molecule has 0 saturated carbocycles. The van der Waals surface area contributed by atoms with E-state index >= 15 is 0 Å². The topological polar surface area (TPSA) is 98.5 Å². The van der Waals surface area contributed by atoms with Gasteiger partial charge < -0.3 is 9.46 Å². The molecule has 0 bridgehead atoms. The molecule has 1 atom stereocenters. The van der Waals surface area contributed by atoms with Crippen LogP contribution in [0.1, 0.15) is 10.4 Å². The predicted molar refractivity (Wildman–Crippen MR) is 101 cm³/mol. The number of nitrogens with zero attached hydrogens (tertiary/aromatic N) is 1. The highest BCUT2D eigenvalue weighted by molar-refractivity contribution is 7.86. The minimum atomic E-state index is -1.47. The summed E-state index contributed by atoms with van der Waals surface area (Å²) >= 11 is 0. The Morgan fingerprint density at radius 1 is 0.926 bits per heavy atom. The van der Waals surface area contributed by atoms with Gasteiger partial charge in [-0.2, -0.15) is 0 Å². The van der Waals surface area contributed by atoms with Crippen LogP contribution in [0, 0.1) is 10.1 Å². The number of non-ortho nitro benzene ring substituents is 1. The van der Waals surface area contributed by atoms with Crippen molar-refractivity contribution in [1.29, 1.82) is 0 Å². The number of carbonyl (C=O) groups is 1. The summed E-state index contributed by atoms with van der Waals surface area (Å²) in [6.07, 6.45) is 0. The lowest BCUT2D eigenvalue weighted by Gasteiger charge is -2.07. The van der Waals surface area contributed by atoms with Gasteiger partial charge in [0, 0.05) is 17.8 Å². The van der Waals surface area contributed by atoms with E-state index in [1.54, 1.807) is 24.3 Å². The monoisotopic (exact) mass is 382 g/mol. The lowest BCUT2D eigenvalue weighted by atomic mass is 10.2. The standard InChI is InChI=1S/C19H14N2O5S/c22-19(26-17-10-8-16(9-11-17)21(23)24)14-6-12-18(13-7-14)27(25)20-15-4-2-1-3-5-15/h1-13,20H. The Labute approximate surface area is 157 Å². The van der Waals surface area contributed by atoms with Crippen LogP contribution in [-0.2, 0) is 11.0 Å². The molecule has 0 heterocycles. The van der Waals surface area contributed by atoms with Crippen molar-refractivity contribution in [2.24, 2.45) is 0 Å². The van der Waals surface area contributed by atoms with Gasteiger partial charge in [-0.05, 0) is 48.5 Å². The second-order valence-corrected chi connectivity index (χ2v) is 6.61. The van der Waals surface area contributed by atoms with Crippen LogP contribution in [0.4, 0.5) is 11.4 Å². The van der Waals surface area contributed by atoms with Crippen molar-refractivity contribution < 1.29 is 18.7 Å². The normalized spacial score (nSPS) is 11.4. The van der Waals surface area contributed by atoms with Crippen molar-refractivity contribution in [3.8, 4) is 5.75 Å². The molecule has 1 N–H and O–H groups in total. The minimum absolute atomic E-state index is 0.0902. The molecule has 7 nitrogen and oxygen atoms in total. The summed E-state index contributed by atoms with van der Waals surface area (Å²) in [5, 5.41) is 10.6. The summed E-state index contributed by atoms with van der Waals surface area (Å²) in [7, 11) is -1.47. The van der Waals surface area contributed by atoms with Gasteiger partial charge in [0.15, 0.2) is 0 Å². The zero-order valence-corrected chi connectivity index (χ0v) is 14.7. The number of para-hydroxylation sites is 1. The highest BCUT2D eigenvalue weighted by Gasteiger charge is 2.12. The summed E-state index contributed by atoms with van der Waals surface area (Å²) in [5.41, 5.74) is 0.902. The maximum atomic E-state index is 12.3. The second kappa shape index (κ2) is 8.24. The molecule has 27 heavy (non-hydrogen) atoms. The molecule has 3 aromatic rings. The third-order valence-corrected chi connectivity index (χ3v) is 4.67. The SMILES string of the molecule is O=C(Oc1ccc([N+](=O)[O-])cc1)c1ccc(S(=O)Nc2ccccc2)cc1. The maximum absolute atomic E-state index is 12.3. The number of hydrogen-bond donors (Lipinski definition) is 1. The molecule has 0 aliphatic carbocycles. The third kappa shape index (κ3) is 4.77. The molecule has 0 saturated heterocycles. The van der Waals surface area contributed by atoms with Crippen molar-refractivity contribution in [1.82, 2.24) is 0 Å².